The number of pyridine rings is 1. The van der Waals surface area contributed by atoms with Crippen LogP contribution >= 0.6 is 0 Å². The van der Waals surface area contributed by atoms with Crippen molar-refractivity contribution in [2.75, 3.05) is 13.6 Å². The Bertz CT molecular complexity index is 799. The fourth-order valence-electron chi connectivity index (χ4n) is 3.42. The average Bonchev–Trinajstić information content (AvgIpc) is 3.18. The summed E-state index contributed by atoms with van der Waals surface area (Å²) >= 11 is 0. The molecular formula is C20H28N4O2S. The summed E-state index contributed by atoms with van der Waals surface area (Å²) in [5.41, 5.74) is 8.08. The van der Waals surface area contributed by atoms with Gasteiger partial charge in [0.15, 0.2) is 0 Å². The van der Waals surface area contributed by atoms with E-state index in [1.165, 1.54) is 16.1 Å². The number of sulfonamides is 1. The molecule has 27 heavy (non-hydrogen) atoms. The summed E-state index contributed by atoms with van der Waals surface area (Å²) in [7, 11) is -1.80. The molecule has 0 amide bonds. The quantitative estimate of drug-likeness (QED) is 0.646. The zero-order valence-electron chi connectivity index (χ0n) is 15.7. The van der Waals surface area contributed by atoms with E-state index in [0.717, 1.165) is 32.1 Å². The monoisotopic (exact) mass is 388 g/mol. The van der Waals surface area contributed by atoms with Gasteiger partial charge in [0.25, 0.3) is 0 Å². The van der Waals surface area contributed by atoms with E-state index < -0.39 is 10.0 Å². The number of hydrogen-bond acceptors (Lipinski definition) is 5. The molecule has 0 radical (unpaired) electrons. The first-order valence-electron chi connectivity index (χ1n) is 9.50. The van der Waals surface area contributed by atoms with Crippen molar-refractivity contribution in [1.82, 2.24) is 20.1 Å². The van der Waals surface area contributed by atoms with Gasteiger partial charge in [0.05, 0.1) is 0 Å². The van der Waals surface area contributed by atoms with Crippen LogP contribution in [0.25, 0.3) is 0 Å². The number of unbranched alkanes of at least 4 members (excludes halogenated alkanes) is 2. The van der Waals surface area contributed by atoms with Crippen LogP contribution in [-0.4, -0.2) is 37.3 Å². The van der Waals surface area contributed by atoms with Crippen molar-refractivity contribution in [3.8, 4) is 0 Å². The molecule has 1 saturated heterocycles. The molecule has 1 fully saturated rings. The molecule has 2 atom stereocenters. The van der Waals surface area contributed by atoms with Gasteiger partial charge in [0.1, 0.15) is 4.90 Å². The predicted octanol–water partition coefficient (Wildman–Crippen LogP) is 2.87. The fourth-order valence-corrected chi connectivity index (χ4v) is 4.59. The molecule has 2 N–H and O–H groups in total. The Morgan fingerprint density at radius 1 is 1.07 bits per heavy atom. The van der Waals surface area contributed by atoms with Crippen molar-refractivity contribution >= 4 is 10.0 Å². The second-order valence-corrected chi connectivity index (χ2v) is 9.09. The van der Waals surface area contributed by atoms with E-state index in [1.54, 1.807) is 25.4 Å². The summed E-state index contributed by atoms with van der Waals surface area (Å²) in [5.74, 6) is 0. The largest absolute Gasteiger partial charge is 0.263 e. The maximum atomic E-state index is 12.4. The van der Waals surface area contributed by atoms with E-state index in [-0.39, 0.29) is 4.90 Å². The summed E-state index contributed by atoms with van der Waals surface area (Å²) in [6.45, 7) is 0.528. The second-order valence-electron chi connectivity index (χ2n) is 7.05. The van der Waals surface area contributed by atoms with Crippen molar-refractivity contribution in [2.45, 2.75) is 49.1 Å². The van der Waals surface area contributed by atoms with Gasteiger partial charge in [-0.1, -0.05) is 43.2 Å². The Kier molecular flexibility index (Phi) is 6.95. The van der Waals surface area contributed by atoms with E-state index in [9.17, 15) is 8.42 Å². The number of benzene rings is 1. The van der Waals surface area contributed by atoms with E-state index in [2.05, 4.69) is 40.1 Å². The van der Waals surface area contributed by atoms with Crippen LogP contribution in [0, 0.1) is 0 Å². The van der Waals surface area contributed by atoms with Crippen LogP contribution in [0.15, 0.2) is 59.8 Å². The minimum Gasteiger partial charge on any atom is -0.263 e. The normalized spacial score (nSPS) is 20.2. The smallest absolute Gasteiger partial charge is 0.244 e. The lowest BCUT2D eigenvalue weighted by molar-refractivity contribution is 0.437. The number of nitrogens with zero attached hydrogens (tertiary/aromatic N) is 2. The highest BCUT2D eigenvalue weighted by Gasteiger charge is 2.24. The Morgan fingerprint density at radius 3 is 2.63 bits per heavy atom. The van der Waals surface area contributed by atoms with Gasteiger partial charge < -0.3 is 0 Å². The zero-order chi connectivity index (χ0) is 19.1. The molecule has 7 heteroatoms. The minimum absolute atomic E-state index is 0.251. The topological polar surface area (TPSA) is 74.3 Å². The van der Waals surface area contributed by atoms with Crippen molar-refractivity contribution in [3.05, 3.63) is 60.4 Å². The molecule has 3 rings (SSSR count). The lowest BCUT2D eigenvalue weighted by Gasteiger charge is -2.17. The first-order chi connectivity index (χ1) is 13.1. The first-order valence-corrected chi connectivity index (χ1v) is 10.9. The maximum absolute atomic E-state index is 12.4. The maximum Gasteiger partial charge on any atom is 0.244 e. The highest BCUT2D eigenvalue weighted by molar-refractivity contribution is 7.89. The van der Waals surface area contributed by atoms with Crippen molar-refractivity contribution in [2.24, 2.45) is 0 Å². The van der Waals surface area contributed by atoms with Gasteiger partial charge >= 0.3 is 0 Å². The van der Waals surface area contributed by atoms with E-state index >= 15 is 0 Å². The van der Waals surface area contributed by atoms with Gasteiger partial charge in [-0.25, -0.2) is 12.7 Å². The molecule has 0 spiro atoms. The summed E-state index contributed by atoms with van der Waals surface area (Å²) in [4.78, 5) is 4.15. The van der Waals surface area contributed by atoms with Gasteiger partial charge in [0.2, 0.25) is 10.0 Å². The van der Waals surface area contributed by atoms with E-state index in [1.807, 2.05) is 6.07 Å². The fraction of sp³-hybridized carbons (Fsp3) is 0.450. The molecule has 1 aromatic heterocycles. The van der Waals surface area contributed by atoms with Crippen molar-refractivity contribution in [1.29, 1.82) is 0 Å². The molecule has 1 aromatic carbocycles. The Labute approximate surface area is 162 Å². The summed E-state index contributed by atoms with van der Waals surface area (Å²) in [6, 6.07) is 14.5. The third-order valence-corrected chi connectivity index (χ3v) is 6.89. The molecule has 1 aliphatic rings. The summed E-state index contributed by atoms with van der Waals surface area (Å²) < 4.78 is 26.3. The van der Waals surface area contributed by atoms with Gasteiger partial charge in [-0.05, 0) is 37.0 Å². The van der Waals surface area contributed by atoms with E-state index in [4.69, 9.17) is 0 Å². The van der Waals surface area contributed by atoms with Crippen LogP contribution in [-0.2, 0) is 10.0 Å². The van der Waals surface area contributed by atoms with Crippen LogP contribution in [0.2, 0.25) is 0 Å². The third-order valence-electron chi connectivity index (χ3n) is 5.05. The predicted molar refractivity (Wildman–Crippen MR) is 106 cm³/mol. The van der Waals surface area contributed by atoms with Crippen LogP contribution in [0.5, 0.6) is 0 Å². The molecule has 0 saturated carbocycles. The average molecular weight is 389 g/mol. The second kappa shape index (κ2) is 9.41. The molecule has 146 valence electrons. The Balaban J connectivity index is 1.35. The van der Waals surface area contributed by atoms with Crippen LogP contribution in [0.3, 0.4) is 0 Å². The summed E-state index contributed by atoms with van der Waals surface area (Å²) in [6.07, 6.45) is 8.11. The number of aromatic nitrogens is 1. The molecule has 0 bridgehead atoms. The number of hydrogen-bond donors (Lipinski definition) is 2. The molecular weight excluding hydrogens is 360 g/mol. The number of nitrogens with one attached hydrogen (secondary N) is 2. The molecule has 1 aliphatic heterocycles. The van der Waals surface area contributed by atoms with Gasteiger partial charge in [-0.15, -0.1) is 0 Å². The van der Waals surface area contributed by atoms with E-state index in [0.29, 0.717) is 18.6 Å². The standard InChI is InChI=1S/C20H28N4O2S/c1-24(27(25,26)19-12-8-13-21-16-19)14-7-3-6-11-18-15-20(23-22-18)17-9-4-2-5-10-17/h2,4-5,8-10,12-13,16,18,20,22-23H,3,6-7,11,14-15H2,1H3. The lowest BCUT2D eigenvalue weighted by atomic mass is 9.99. The third kappa shape index (κ3) is 5.35. The molecule has 2 unspecified atom stereocenters. The highest BCUT2D eigenvalue weighted by Crippen LogP contribution is 2.24. The van der Waals surface area contributed by atoms with Gasteiger partial charge in [0, 0.05) is 38.1 Å². The van der Waals surface area contributed by atoms with Crippen LogP contribution < -0.4 is 10.9 Å². The van der Waals surface area contributed by atoms with Crippen molar-refractivity contribution < 1.29 is 8.42 Å². The Hall–Kier alpha value is -1.80. The first kappa shape index (κ1) is 19.9. The summed E-state index contributed by atoms with van der Waals surface area (Å²) in [5, 5.41) is 0. The lowest BCUT2D eigenvalue weighted by Crippen LogP contribution is -2.30. The number of rotatable bonds is 9. The molecule has 2 heterocycles. The van der Waals surface area contributed by atoms with Crippen molar-refractivity contribution in [3.63, 3.8) is 0 Å². The van der Waals surface area contributed by atoms with Crippen LogP contribution in [0.1, 0.15) is 43.7 Å². The van der Waals surface area contributed by atoms with Crippen LogP contribution in [0.4, 0.5) is 0 Å². The minimum atomic E-state index is -3.43. The Morgan fingerprint density at radius 2 is 1.89 bits per heavy atom. The number of hydrazine groups is 1. The van der Waals surface area contributed by atoms with Gasteiger partial charge in [-0.3, -0.25) is 15.8 Å². The zero-order valence-corrected chi connectivity index (χ0v) is 16.5. The highest BCUT2D eigenvalue weighted by atomic mass is 32.2. The molecule has 6 nitrogen and oxygen atoms in total. The SMILES string of the molecule is CN(CCCCCC1CC(c2ccccc2)NN1)S(=O)(=O)c1cccnc1. The van der Waals surface area contributed by atoms with Gasteiger partial charge in [-0.2, -0.15) is 0 Å². The molecule has 2 aromatic rings. The molecule has 0 aliphatic carbocycles.